The SMILES string of the molecule is Cc1cc(C)c2ccnc(NN)c2c1. The number of nitrogens with one attached hydrogen (secondary N) is 1. The fourth-order valence-corrected chi connectivity index (χ4v) is 1.77. The lowest BCUT2D eigenvalue weighted by Crippen LogP contribution is -2.08. The van der Waals surface area contributed by atoms with Crippen molar-refractivity contribution in [1.82, 2.24) is 4.98 Å². The molecule has 1 heterocycles. The molecular weight excluding hydrogens is 174 g/mol. The van der Waals surface area contributed by atoms with Gasteiger partial charge in [0.1, 0.15) is 5.82 Å². The number of hydrazine groups is 1. The predicted molar refractivity (Wildman–Crippen MR) is 59.0 cm³/mol. The normalized spacial score (nSPS) is 10.5. The number of anilines is 1. The maximum atomic E-state index is 5.40. The van der Waals surface area contributed by atoms with E-state index in [1.54, 1.807) is 6.20 Å². The van der Waals surface area contributed by atoms with Crippen molar-refractivity contribution in [2.45, 2.75) is 13.8 Å². The third-order valence-electron chi connectivity index (χ3n) is 2.37. The fourth-order valence-electron chi connectivity index (χ4n) is 1.77. The van der Waals surface area contributed by atoms with E-state index >= 15 is 0 Å². The molecule has 14 heavy (non-hydrogen) atoms. The molecule has 0 aliphatic heterocycles. The van der Waals surface area contributed by atoms with Crippen molar-refractivity contribution in [2.24, 2.45) is 5.84 Å². The maximum Gasteiger partial charge on any atom is 0.147 e. The van der Waals surface area contributed by atoms with Gasteiger partial charge in [0, 0.05) is 11.6 Å². The van der Waals surface area contributed by atoms with Crippen LogP contribution in [0, 0.1) is 13.8 Å². The van der Waals surface area contributed by atoms with E-state index < -0.39 is 0 Å². The first-order chi connectivity index (χ1) is 6.72. The molecule has 3 heteroatoms. The number of aromatic nitrogens is 1. The summed E-state index contributed by atoms with van der Waals surface area (Å²) in [5.74, 6) is 6.13. The summed E-state index contributed by atoms with van der Waals surface area (Å²) in [6.07, 6.45) is 1.76. The van der Waals surface area contributed by atoms with Crippen LogP contribution in [-0.2, 0) is 0 Å². The number of pyridine rings is 1. The van der Waals surface area contributed by atoms with Gasteiger partial charge in [0.05, 0.1) is 0 Å². The summed E-state index contributed by atoms with van der Waals surface area (Å²) in [4.78, 5) is 4.17. The van der Waals surface area contributed by atoms with Crippen molar-refractivity contribution in [1.29, 1.82) is 0 Å². The third-order valence-corrected chi connectivity index (χ3v) is 2.37. The molecule has 0 bridgehead atoms. The maximum absolute atomic E-state index is 5.40. The van der Waals surface area contributed by atoms with Crippen molar-refractivity contribution in [2.75, 3.05) is 5.43 Å². The molecule has 0 fully saturated rings. The predicted octanol–water partition coefficient (Wildman–Crippen LogP) is 2.14. The van der Waals surface area contributed by atoms with Crippen LogP contribution in [0.15, 0.2) is 24.4 Å². The second-order valence-corrected chi connectivity index (χ2v) is 3.48. The van der Waals surface area contributed by atoms with Gasteiger partial charge in [-0.1, -0.05) is 11.6 Å². The number of hydrogen-bond donors (Lipinski definition) is 2. The van der Waals surface area contributed by atoms with Crippen LogP contribution in [0.4, 0.5) is 5.82 Å². The smallest absolute Gasteiger partial charge is 0.147 e. The Hall–Kier alpha value is -1.61. The number of benzene rings is 1. The first-order valence-corrected chi connectivity index (χ1v) is 4.55. The summed E-state index contributed by atoms with van der Waals surface area (Å²) < 4.78 is 0. The number of rotatable bonds is 1. The topological polar surface area (TPSA) is 50.9 Å². The number of fused-ring (bicyclic) bond motifs is 1. The van der Waals surface area contributed by atoms with Crippen LogP contribution < -0.4 is 11.3 Å². The summed E-state index contributed by atoms with van der Waals surface area (Å²) in [6.45, 7) is 4.16. The molecule has 0 amide bonds. The molecule has 3 nitrogen and oxygen atoms in total. The Labute approximate surface area is 82.9 Å². The molecule has 1 aromatic heterocycles. The highest BCUT2D eigenvalue weighted by Crippen LogP contribution is 2.24. The van der Waals surface area contributed by atoms with Crippen LogP contribution in [0.2, 0.25) is 0 Å². The van der Waals surface area contributed by atoms with Crippen molar-refractivity contribution in [3.05, 3.63) is 35.5 Å². The molecule has 0 atom stereocenters. The van der Waals surface area contributed by atoms with Crippen LogP contribution in [-0.4, -0.2) is 4.98 Å². The Morgan fingerprint density at radius 2 is 2.00 bits per heavy atom. The van der Waals surface area contributed by atoms with Gasteiger partial charge in [-0.2, -0.15) is 0 Å². The number of nitrogens with zero attached hydrogens (tertiary/aromatic N) is 1. The quantitative estimate of drug-likeness (QED) is 0.531. The average molecular weight is 187 g/mol. The molecule has 0 saturated heterocycles. The van der Waals surface area contributed by atoms with Gasteiger partial charge >= 0.3 is 0 Å². The number of nitrogens with two attached hydrogens (primary N) is 1. The van der Waals surface area contributed by atoms with Crippen LogP contribution in [0.25, 0.3) is 10.8 Å². The van der Waals surface area contributed by atoms with Gasteiger partial charge in [0.15, 0.2) is 0 Å². The molecule has 0 radical (unpaired) electrons. The van der Waals surface area contributed by atoms with Crippen LogP contribution in [0.5, 0.6) is 0 Å². The number of nitrogen functional groups attached to an aromatic ring is 1. The molecule has 0 saturated carbocycles. The summed E-state index contributed by atoms with van der Waals surface area (Å²) in [5, 5.41) is 2.27. The third kappa shape index (κ3) is 1.32. The van der Waals surface area contributed by atoms with E-state index in [9.17, 15) is 0 Å². The summed E-state index contributed by atoms with van der Waals surface area (Å²) in [7, 11) is 0. The summed E-state index contributed by atoms with van der Waals surface area (Å²) in [5.41, 5.74) is 5.08. The van der Waals surface area contributed by atoms with Crippen molar-refractivity contribution >= 4 is 16.6 Å². The molecule has 2 rings (SSSR count). The van der Waals surface area contributed by atoms with Gasteiger partial charge in [-0.3, -0.25) is 0 Å². The van der Waals surface area contributed by atoms with Gasteiger partial charge in [-0.15, -0.1) is 0 Å². The van der Waals surface area contributed by atoms with Gasteiger partial charge < -0.3 is 5.43 Å². The fraction of sp³-hybridized carbons (Fsp3) is 0.182. The van der Waals surface area contributed by atoms with Crippen LogP contribution in [0.1, 0.15) is 11.1 Å². The highest BCUT2D eigenvalue weighted by Gasteiger charge is 2.03. The average Bonchev–Trinajstić information content (AvgIpc) is 2.17. The first kappa shape index (κ1) is 8.97. The lowest BCUT2D eigenvalue weighted by molar-refractivity contribution is 1.25. The van der Waals surface area contributed by atoms with Crippen molar-refractivity contribution in [3.8, 4) is 0 Å². The Kier molecular flexibility index (Phi) is 2.09. The zero-order valence-corrected chi connectivity index (χ0v) is 8.33. The van der Waals surface area contributed by atoms with E-state index in [4.69, 9.17) is 5.84 Å². The second kappa shape index (κ2) is 3.27. The molecule has 0 spiro atoms. The van der Waals surface area contributed by atoms with Crippen LogP contribution in [0.3, 0.4) is 0 Å². The largest absolute Gasteiger partial charge is 0.308 e. The number of aryl methyl sites for hydroxylation is 2. The lowest BCUT2D eigenvalue weighted by Gasteiger charge is -2.07. The minimum Gasteiger partial charge on any atom is -0.308 e. The lowest BCUT2D eigenvalue weighted by atomic mass is 10.0. The molecule has 1 aromatic carbocycles. The minimum atomic E-state index is 0.731. The summed E-state index contributed by atoms with van der Waals surface area (Å²) >= 11 is 0. The van der Waals surface area contributed by atoms with Gasteiger partial charge in [0.25, 0.3) is 0 Å². The van der Waals surface area contributed by atoms with Gasteiger partial charge in [-0.05, 0) is 36.9 Å². The number of hydrogen-bond acceptors (Lipinski definition) is 3. The minimum absolute atomic E-state index is 0.731. The Morgan fingerprint density at radius 1 is 1.21 bits per heavy atom. The van der Waals surface area contributed by atoms with Gasteiger partial charge in [0.2, 0.25) is 0 Å². The van der Waals surface area contributed by atoms with E-state index in [0.29, 0.717) is 0 Å². The van der Waals surface area contributed by atoms with E-state index in [0.717, 1.165) is 11.2 Å². The second-order valence-electron chi connectivity index (χ2n) is 3.48. The van der Waals surface area contributed by atoms with E-state index in [1.807, 2.05) is 6.07 Å². The molecule has 72 valence electrons. The molecule has 0 unspecified atom stereocenters. The monoisotopic (exact) mass is 187 g/mol. The molecule has 0 aliphatic carbocycles. The molecule has 3 N–H and O–H groups in total. The van der Waals surface area contributed by atoms with Crippen molar-refractivity contribution in [3.63, 3.8) is 0 Å². The van der Waals surface area contributed by atoms with Crippen LogP contribution >= 0.6 is 0 Å². The van der Waals surface area contributed by atoms with E-state index in [-0.39, 0.29) is 0 Å². The molecular formula is C11H13N3. The van der Waals surface area contributed by atoms with E-state index in [1.165, 1.54) is 16.5 Å². The zero-order valence-electron chi connectivity index (χ0n) is 8.33. The zero-order chi connectivity index (χ0) is 10.1. The molecule has 2 aromatic rings. The highest BCUT2D eigenvalue weighted by atomic mass is 15.2. The summed E-state index contributed by atoms with van der Waals surface area (Å²) in [6, 6.07) is 6.25. The van der Waals surface area contributed by atoms with Gasteiger partial charge in [-0.25, -0.2) is 10.8 Å². The Morgan fingerprint density at radius 3 is 2.71 bits per heavy atom. The highest BCUT2D eigenvalue weighted by molar-refractivity contribution is 5.94. The first-order valence-electron chi connectivity index (χ1n) is 4.55. The van der Waals surface area contributed by atoms with E-state index in [2.05, 4.69) is 36.4 Å². The standard InChI is InChI=1S/C11H13N3/c1-7-5-8(2)9-3-4-13-11(14-12)10(9)6-7/h3-6H,12H2,1-2H3,(H,13,14). The Balaban J connectivity index is 2.86. The van der Waals surface area contributed by atoms with Crippen molar-refractivity contribution < 1.29 is 0 Å². The Bertz CT molecular complexity index is 477. The molecule has 0 aliphatic rings.